The van der Waals surface area contributed by atoms with Crippen molar-refractivity contribution in [1.29, 1.82) is 5.26 Å². The molecule has 2 aliphatic rings. The van der Waals surface area contributed by atoms with Gasteiger partial charge in [0.25, 0.3) is 5.91 Å². The van der Waals surface area contributed by atoms with Crippen LogP contribution in [0.4, 0.5) is 10.2 Å². The Bertz CT molecular complexity index is 1300. The van der Waals surface area contributed by atoms with Gasteiger partial charge in [-0.25, -0.2) is 14.4 Å². The highest BCUT2D eigenvalue weighted by molar-refractivity contribution is 5.92. The average molecular weight is 493 g/mol. The van der Waals surface area contributed by atoms with Crippen LogP contribution in [0.2, 0.25) is 0 Å². The van der Waals surface area contributed by atoms with Crippen LogP contribution in [0.15, 0.2) is 36.8 Å². The van der Waals surface area contributed by atoms with Crippen LogP contribution in [0.3, 0.4) is 0 Å². The molecule has 1 aliphatic heterocycles. The average Bonchev–Trinajstić information content (AvgIpc) is 3.65. The predicted molar refractivity (Wildman–Crippen MR) is 125 cm³/mol. The molecule has 1 saturated carbocycles. The smallest absolute Gasteiger partial charge is 0.276 e. The van der Waals surface area contributed by atoms with Crippen molar-refractivity contribution in [3.8, 4) is 23.1 Å². The van der Waals surface area contributed by atoms with Crippen LogP contribution in [-0.2, 0) is 7.05 Å². The molecule has 3 atom stereocenters. The normalized spacial score (nSPS) is 20.4. The summed E-state index contributed by atoms with van der Waals surface area (Å²) in [6.45, 7) is 0.160. The van der Waals surface area contributed by atoms with Crippen LogP contribution in [0, 0.1) is 17.2 Å². The highest BCUT2D eigenvalue weighted by Crippen LogP contribution is 2.33. The summed E-state index contributed by atoms with van der Waals surface area (Å²) in [4.78, 5) is 22.4. The molecule has 1 saturated heterocycles. The Hall–Kier alpha value is -4.11. The first-order chi connectivity index (χ1) is 17.4. The Kier molecular flexibility index (Phi) is 6.47. The van der Waals surface area contributed by atoms with E-state index < -0.39 is 18.5 Å². The quantitative estimate of drug-likeness (QED) is 0.473. The van der Waals surface area contributed by atoms with Gasteiger partial charge in [-0.3, -0.25) is 9.48 Å². The van der Waals surface area contributed by atoms with E-state index in [1.54, 1.807) is 31.3 Å². The number of halogens is 1. The molecule has 1 unspecified atom stereocenters. The number of carbonyl (C=O) groups is 1. The number of ether oxygens (including phenoxy) is 1. The van der Waals surface area contributed by atoms with E-state index in [2.05, 4.69) is 31.7 Å². The monoisotopic (exact) mass is 492 g/mol. The fourth-order valence-corrected chi connectivity index (χ4v) is 4.13. The molecule has 3 heterocycles. The zero-order valence-corrected chi connectivity index (χ0v) is 19.6. The number of benzene rings is 1. The molecule has 5 rings (SSSR count). The van der Waals surface area contributed by atoms with E-state index in [-0.39, 0.29) is 41.8 Å². The minimum atomic E-state index is -1.43. The maximum Gasteiger partial charge on any atom is 0.276 e. The number of anilines is 1. The first kappa shape index (κ1) is 23.6. The topological polar surface area (TPSA) is 142 Å². The van der Waals surface area contributed by atoms with Gasteiger partial charge in [0.1, 0.15) is 36.3 Å². The molecule has 3 aromatic rings. The number of nitriles is 1. The third-order valence-corrected chi connectivity index (χ3v) is 6.30. The summed E-state index contributed by atoms with van der Waals surface area (Å²) in [5.41, 5.74) is 1.63. The van der Waals surface area contributed by atoms with Gasteiger partial charge in [-0.05, 0) is 31.0 Å². The lowest BCUT2D eigenvalue weighted by molar-refractivity contribution is 0.0198. The highest BCUT2D eigenvalue weighted by Gasteiger charge is 2.34. The number of likely N-dealkylation sites (tertiary alicyclic amines) is 1. The molecule has 36 heavy (non-hydrogen) atoms. The van der Waals surface area contributed by atoms with Crippen molar-refractivity contribution < 1.29 is 19.0 Å². The molecule has 186 valence electrons. The van der Waals surface area contributed by atoms with E-state index >= 15 is 0 Å². The van der Waals surface area contributed by atoms with Crippen molar-refractivity contribution in [2.75, 3.05) is 18.4 Å². The number of aromatic nitrogens is 5. The van der Waals surface area contributed by atoms with Gasteiger partial charge >= 0.3 is 0 Å². The SMILES string of the molecule is Cn1cc(C(=O)N2CC[C@H](Oc3ccc(-c4cc(NC(O)C5CC5)ncn4)cc3C#N)[C@H](F)C2)nn1. The van der Waals surface area contributed by atoms with Crippen LogP contribution in [0.1, 0.15) is 35.3 Å². The number of hydrogen-bond acceptors (Lipinski definition) is 9. The second-order valence-electron chi connectivity index (χ2n) is 9.03. The number of rotatable bonds is 7. The highest BCUT2D eigenvalue weighted by atomic mass is 19.1. The Morgan fingerprint density at radius 1 is 1.31 bits per heavy atom. The van der Waals surface area contributed by atoms with Crippen LogP contribution >= 0.6 is 0 Å². The summed E-state index contributed by atoms with van der Waals surface area (Å²) < 4.78 is 22.3. The van der Waals surface area contributed by atoms with E-state index in [0.717, 1.165) is 12.8 Å². The summed E-state index contributed by atoms with van der Waals surface area (Å²) in [6, 6.07) is 8.78. The molecule has 2 aromatic heterocycles. The predicted octanol–water partition coefficient (Wildman–Crippen LogP) is 1.92. The van der Waals surface area contributed by atoms with E-state index in [0.29, 0.717) is 23.6 Å². The number of amides is 1. The molecule has 2 fully saturated rings. The molecule has 1 amide bonds. The zero-order chi connectivity index (χ0) is 25.2. The number of nitrogens with zero attached hydrogens (tertiary/aromatic N) is 7. The molecule has 11 nitrogen and oxygen atoms in total. The Morgan fingerprint density at radius 3 is 2.83 bits per heavy atom. The molecular formula is C24H25FN8O3. The fourth-order valence-electron chi connectivity index (χ4n) is 4.13. The van der Waals surface area contributed by atoms with Crippen molar-refractivity contribution >= 4 is 11.7 Å². The summed E-state index contributed by atoms with van der Waals surface area (Å²) in [7, 11) is 1.65. The number of hydrogen-bond donors (Lipinski definition) is 2. The van der Waals surface area contributed by atoms with Crippen LogP contribution < -0.4 is 10.1 Å². The van der Waals surface area contributed by atoms with E-state index in [9.17, 15) is 19.6 Å². The lowest BCUT2D eigenvalue weighted by Crippen LogP contribution is -2.49. The van der Waals surface area contributed by atoms with Crippen LogP contribution in [-0.4, -0.2) is 72.5 Å². The molecule has 1 aliphatic carbocycles. The van der Waals surface area contributed by atoms with Gasteiger partial charge in [0, 0.05) is 37.6 Å². The van der Waals surface area contributed by atoms with Crippen LogP contribution in [0.25, 0.3) is 11.3 Å². The molecule has 0 radical (unpaired) electrons. The first-order valence-corrected chi connectivity index (χ1v) is 11.7. The molecular weight excluding hydrogens is 467 g/mol. The standard InChI is InChI=1S/C24H25FN8O3/c1-32-12-19(30-31-32)24(35)33-7-6-21(17(25)11-33)36-20-5-4-15(8-16(20)10-26)18-9-22(28-13-27-18)29-23(34)14-2-3-14/h4-5,8-9,12-14,17,21,23,34H,2-3,6-7,11H2,1H3,(H,27,28,29)/t17-,21+,23?/m1/s1. The largest absolute Gasteiger partial charge is 0.486 e. The third kappa shape index (κ3) is 5.11. The Labute approximate surface area is 206 Å². The number of aliphatic hydroxyl groups excluding tert-OH is 1. The maximum absolute atomic E-state index is 15.0. The molecule has 1 aromatic carbocycles. The van der Waals surface area contributed by atoms with Crippen molar-refractivity contribution in [2.45, 2.75) is 37.8 Å². The zero-order valence-electron chi connectivity index (χ0n) is 19.6. The van der Waals surface area contributed by atoms with Crippen molar-refractivity contribution in [2.24, 2.45) is 13.0 Å². The lowest BCUT2D eigenvalue weighted by Gasteiger charge is -2.34. The maximum atomic E-state index is 15.0. The summed E-state index contributed by atoms with van der Waals surface area (Å²) >= 11 is 0. The molecule has 2 N–H and O–H groups in total. The minimum absolute atomic E-state index is 0.135. The number of aryl methyl sites for hydroxylation is 1. The first-order valence-electron chi connectivity index (χ1n) is 11.7. The van der Waals surface area contributed by atoms with Crippen molar-refractivity contribution in [1.82, 2.24) is 29.9 Å². The van der Waals surface area contributed by atoms with E-state index in [4.69, 9.17) is 4.74 Å². The van der Waals surface area contributed by atoms with Gasteiger partial charge in [-0.2, -0.15) is 5.26 Å². The van der Waals surface area contributed by atoms with Gasteiger partial charge in [0.2, 0.25) is 0 Å². The third-order valence-electron chi connectivity index (χ3n) is 6.30. The van der Waals surface area contributed by atoms with Gasteiger partial charge in [-0.1, -0.05) is 5.21 Å². The minimum Gasteiger partial charge on any atom is -0.486 e. The number of alkyl halides is 1. The summed E-state index contributed by atoms with van der Waals surface area (Å²) in [6.07, 6.45) is 2.22. The van der Waals surface area contributed by atoms with Gasteiger partial charge in [0.05, 0.1) is 24.0 Å². The van der Waals surface area contributed by atoms with Gasteiger partial charge < -0.3 is 20.1 Å². The summed E-state index contributed by atoms with van der Waals surface area (Å²) in [5.74, 6) is 0.608. The van der Waals surface area contributed by atoms with Gasteiger partial charge in [0.15, 0.2) is 11.9 Å². The fraction of sp³-hybridized carbons (Fsp3) is 0.417. The van der Waals surface area contributed by atoms with E-state index in [1.807, 2.05) is 0 Å². The van der Waals surface area contributed by atoms with Crippen molar-refractivity contribution in [3.63, 3.8) is 0 Å². The van der Waals surface area contributed by atoms with Crippen molar-refractivity contribution in [3.05, 3.63) is 48.0 Å². The number of nitrogens with one attached hydrogen (secondary N) is 1. The van der Waals surface area contributed by atoms with Crippen LogP contribution in [0.5, 0.6) is 5.75 Å². The molecule has 12 heteroatoms. The van der Waals surface area contributed by atoms with Gasteiger partial charge in [-0.15, -0.1) is 5.10 Å². The van der Waals surface area contributed by atoms with E-state index in [1.165, 1.54) is 22.1 Å². The second-order valence-corrected chi connectivity index (χ2v) is 9.03. The lowest BCUT2D eigenvalue weighted by atomic mass is 10.0. The Balaban J connectivity index is 1.25. The number of aliphatic hydroxyl groups is 1. The number of carbonyl (C=O) groups excluding carboxylic acids is 1. The summed E-state index contributed by atoms with van der Waals surface area (Å²) in [5, 5.41) is 30.3. The second kappa shape index (κ2) is 9.87. The molecule has 0 bridgehead atoms. The molecule has 0 spiro atoms. The Morgan fingerprint density at radius 2 is 2.14 bits per heavy atom. The number of piperidine rings is 1.